The van der Waals surface area contributed by atoms with E-state index in [1.165, 1.54) is 30.7 Å². The van der Waals surface area contributed by atoms with Crippen LogP contribution < -0.4 is 19.1 Å². The smallest absolute Gasteiger partial charge is 0.251 e. The number of para-hydroxylation sites is 1. The van der Waals surface area contributed by atoms with Crippen molar-refractivity contribution in [2.45, 2.75) is 6.42 Å². The minimum Gasteiger partial charge on any atom is -0.493 e. The predicted octanol–water partition coefficient (Wildman–Crippen LogP) is 2.48. The molecule has 1 N–H and O–H groups in total. The van der Waals surface area contributed by atoms with Crippen molar-refractivity contribution < 1.29 is 22.7 Å². The fraction of sp³-hybridized carbons (Fsp3) is 0.316. The van der Waals surface area contributed by atoms with Crippen LogP contribution in [0.5, 0.6) is 11.5 Å². The first-order valence-electron chi connectivity index (χ1n) is 8.65. The number of amides is 1. The predicted molar refractivity (Wildman–Crippen MR) is 108 cm³/mol. The number of hydrogen-bond donors (Lipinski definition) is 1. The third-order valence-electron chi connectivity index (χ3n) is 4.52. The summed E-state index contributed by atoms with van der Waals surface area (Å²) in [4.78, 5) is 12.4. The summed E-state index contributed by atoms with van der Waals surface area (Å²) in [6.07, 6.45) is 0.686. The zero-order valence-electron chi connectivity index (χ0n) is 15.6. The summed E-state index contributed by atoms with van der Waals surface area (Å²) < 4.78 is 37.1. The average Bonchev–Trinajstić information content (AvgIpc) is 3.12. The molecule has 2 aromatic rings. The number of halogens is 1. The number of nitrogens with one attached hydrogen (secondary N) is 1. The summed E-state index contributed by atoms with van der Waals surface area (Å²) in [7, 11) is -0.645. The molecular weight excluding hydrogens is 404 g/mol. The lowest BCUT2D eigenvalue weighted by Gasteiger charge is -2.19. The highest BCUT2D eigenvalue weighted by molar-refractivity contribution is 7.92. The number of ether oxygens (including phenoxy) is 2. The van der Waals surface area contributed by atoms with Crippen molar-refractivity contribution in [1.29, 1.82) is 0 Å². The van der Waals surface area contributed by atoms with Gasteiger partial charge in [0.25, 0.3) is 5.91 Å². The number of benzene rings is 2. The Bertz CT molecular complexity index is 994. The van der Waals surface area contributed by atoms with Gasteiger partial charge in [-0.3, -0.25) is 9.10 Å². The molecule has 0 bridgehead atoms. The Hall–Kier alpha value is -2.45. The van der Waals surface area contributed by atoms with Crippen LogP contribution in [0.2, 0.25) is 5.02 Å². The van der Waals surface area contributed by atoms with Gasteiger partial charge in [-0.1, -0.05) is 29.8 Å². The van der Waals surface area contributed by atoms with Gasteiger partial charge in [-0.05, 0) is 30.2 Å². The van der Waals surface area contributed by atoms with E-state index in [4.69, 9.17) is 21.1 Å². The number of nitrogens with zero attached hydrogens (tertiary/aromatic N) is 1. The zero-order valence-corrected chi connectivity index (χ0v) is 17.1. The lowest BCUT2D eigenvalue weighted by molar-refractivity contribution is 0.0955. The minimum atomic E-state index is -3.54. The SMILES string of the molecule is COc1cc(C(=O)NCCS(=O)(=O)N2CCc3ccccc32)cc(Cl)c1OC. The number of fused-ring (bicyclic) bond motifs is 1. The van der Waals surface area contributed by atoms with Gasteiger partial charge in [0, 0.05) is 18.7 Å². The Morgan fingerprint density at radius 2 is 1.96 bits per heavy atom. The van der Waals surface area contributed by atoms with E-state index >= 15 is 0 Å². The maximum absolute atomic E-state index is 12.7. The fourth-order valence-corrected chi connectivity index (χ4v) is 4.87. The van der Waals surface area contributed by atoms with Crippen LogP contribution in [0, 0.1) is 0 Å². The second-order valence-corrected chi connectivity index (χ2v) is 8.64. The molecule has 1 aliphatic heterocycles. The van der Waals surface area contributed by atoms with E-state index in [9.17, 15) is 13.2 Å². The number of hydrogen-bond acceptors (Lipinski definition) is 5. The molecule has 1 aliphatic rings. The number of anilines is 1. The number of methoxy groups -OCH3 is 2. The van der Waals surface area contributed by atoms with Crippen LogP contribution in [0.1, 0.15) is 15.9 Å². The van der Waals surface area contributed by atoms with E-state index < -0.39 is 15.9 Å². The molecular formula is C19H21ClN2O5S. The molecule has 0 fully saturated rings. The molecule has 9 heteroatoms. The highest BCUT2D eigenvalue weighted by Gasteiger charge is 2.28. The Kier molecular flexibility index (Phi) is 6.00. The first-order chi connectivity index (χ1) is 13.4. The Morgan fingerprint density at radius 3 is 2.68 bits per heavy atom. The minimum absolute atomic E-state index is 0.0220. The molecule has 150 valence electrons. The van der Waals surface area contributed by atoms with Crippen molar-refractivity contribution in [3.63, 3.8) is 0 Å². The molecule has 3 rings (SSSR count). The lowest BCUT2D eigenvalue weighted by Crippen LogP contribution is -2.37. The molecule has 0 aromatic heterocycles. The van der Waals surface area contributed by atoms with Crippen molar-refractivity contribution in [2.24, 2.45) is 0 Å². The standard InChI is InChI=1S/C19H21ClN2O5S/c1-26-17-12-14(11-15(20)18(17)27-2)19(23)21-8-10-28(24,25)22-9-7-13-5-3-4-6-16(13)22/h3-6,11-12H,7-10H2,1-2H3,(H,21,23). The average molecular weight is 425 g/mol. The van der Waals surface area contributed by atoms with Gasteiger partial charge in [-0.25, -0.2) is 8.42 Å². The fourth-order valence-electron chi connectivity index (χ4n) is 3.15. The Labute approximate surface area is 169 Å². The maximum atomic E-state index is 12.7. The summed E-state index contributed by atoms with van der Waals surface area (Å²) in [6.45, 7) is 0.396. The molecule has 0 saturated carbocycles. The molecule has 7 nitrogen and oxygen atoms in total. The van der Waals surface area contributed by atoms with Gasteiger partial charge < -0.3 is 14.8 Å². The van der Waals surface area contributed by atoms with Crippen molar-refractivity contribution in [1.82, 2.24) is 5.32 Å². The lowest BCUT2D eigenvalue weighted by atomic mass is 10.2. The number of carbonyl (C=O) groups is 1. The van der Waals surface area contributed by atoms with Crippen LogP contribution >= 0.6 is 11.6 Å². The molecule has 0 atom stereocenters. The summed E-state index contributed by atoms with van der Waals surface area (Å²) in [6, 6.07) is 10.4. The van der Waals surface area contributed by atoms with Crippen molar-refractivity contribution >= 4 is 33.2 Å². The van der Waals surface area contributed by atoms with Gasteiger partial charge in [0.15, 0.2) is 11.5 Å². The topological polar surface area (TPSA) is 84.9 Å². The summed E-state index contributed by atoms with van der Waals surface area (Å²) in [5.41, 5.74) is 1.97. The summed E-state index contributed by atoms with van der Waals surface area (Å²) in [5.74, 6) is 0.00554. The molecule has 28 heavy (non-hydrogen) atoms. The highest BCUT2D eigenvalue weighted by Crippen LogP contribution is 2.36. The molecule has 0 spiro atoms. The van der Waals surface area contributed by atoms with Crippen molar-refractivity contribution in [3.05, 3.63) is 52.5 Å². The van der Waals surface area contributed by atoms with E-state index in [0.29, 0.717) is 30.2 Å². The first kappa shape index (κ1) is 20.3. The summed E-state index contributed by atoms with van der Waals surface area (Å²) in [5, 5.41) is 2.85. The second kappa shape index (κ2) is 8.28. The maximum Gasteiger partial charge on any atom is 0.251 e. The van der Waals surface area contributed by atoms with E-state index in [1.54, 1.807) is 6.07 Å². The van der Waals surface area contributed by atoms with Gasteiger partial charge in [0.05, 0.1) is 30.7 Å². The van der Waals surface area contributed by atoms with Crippen LogP contribution in [-0.2, 0) is 16.4 Å². The Balaban J connectivity index is 1.65. The van der Waals surface area contributed by atoms with E-state index in [0.717, 1.165) is 5.56 Å². The van der Waals surface area contributed by atoms with Gasteiger partial charge in [-0.2, -0.15) is 0 Å². The number of rotatable bonds is 7. The van der Waals surface area contributed by atoms with Crippen LogP contribution in [0.4, 0.5) is 5.69 Å². The molecule has 1 heterocycles. The third-order valence-corrected chi connectivity index (χ3v) is 6.57. The third kappa shape index (κ3) is 4.02. The van der Waals surface area contributed by atoms with Crippen LogP contribution in [0.25, 0.3) is 0 Å². The number of carbonyl (C=O) groups excluding carboxylic acids is 1. The largest absolute Gasteiger partial charge is 0.493 e. The molecule has 0 saturated heterocycles. The number of sulfonamides is 1. The van der Waals surface area contributed by atoms with Crippen LogP contribution in [0.3, 0.4) is 0 Å². The second-order valence-electron chi connectivity index (χ2n) is 6.22. The van der Waals surface area contributed by atoms with E-state index in [-0.39, 0.29) is 22.9 Å². The van der Waals surface area contributed by atoms with Crippen molar-refractivity contribution in [3.8, 4) is 11.5 Å². The quantitative estimate of drug-likeness (QED) is 0.738. The van der Waals surface area contributed by atoms with Gasteiger partial charge >= 0.3 is 0 Å². The molecule has 0 unspecified atom stereocenters. The monoisotopic (exact) mass is 424 g/mol. The molecule has 2 aromatic carbocycles. The molecule has 1 amide bonds. The normalized spacial score (nSPS) is 13.2. The zero-order chi connectivity index (χ0) is 20.3. The van der Waals surface area contributed by atoms with E-state index in [1.807, 2.05) is 18.2 Å². The van der Waals surface area contributed by atoms with Crippen LogP contribution in [0.15, 0.2) is 36.4 Å². The van der Waals surface area contributed by atoms with Crippen LogP contribution in [-0.4, -0.2) is 47.4 Å². The molecule has 0 radical (unpaired) electrons. The Morgan fingerprint density at radius 1 is 1.21 bits per heavy atom. The van der Waals surface area contributed by atoms with Gasteiger partial charge in [0.2, 0.25) is 10.0 Å². The first-order valence-corrected chi connectivity index (χ1v) is 10.6. The van der Waals surface area contributed by atoms with Gasteiger partial charge in [0.1, 0.15) is 0 Å². The highest BCUT2D eigenvalue weighted by atomic mass is 35.5. The van der Waals surface area contributed by atoms with Gasteiger partial charge in [-0.15, -0.1) is 0 Å². The van der Waals surface area contributed by atoms with E-state index in [2.05, 4.69) is 5.32 Å². The summed E-state index contributed by atoms with van der Waals surface area (Å²) >= 11 is 6.11. The molecule has 0 aliphatic carbocycles. The van der Waals surface area contributed by atoms with Crippen molar-refractivity contribution in [2.75, 3.05) is 37.4 Å².